The summed E-state index contributed by atoms with van der Waals surface area (Å²) in [5, 5.41) is 3.42. The van der Waals surface area contributed by atoms with Gasteiger partial charge in [0.05, 0.1) is 13.2 Å². The fraction of sp³-hybridized carbons (Fsp3) is 0.333. The van der Waals surface area contributed by atoms with Gasteiger partial charge in [-0.25, -0.2) is 0 Å². The fourth-order valence-corrected chi connectivity index (χ4v) is 2.56. The lowest BCUT2D eigenvalue weighted by Crippen LogP contribution is -2.13. The van der Waals surface area contributed by atoms with E-state index in [1.54, 1.807) is 0 Å². The van der Waals surface area contributed by atoms with E-state index in [1.807, 2.05) is 36.4 Å². The van der Waals surface area contributed by atoms with E-state index >= 15 is 0 Å². The van der Waals surface area contributed by atoms with Crippen LogP contribution in [0.1, 0.15) is 18.4 Å². The molecule has 21 heavy (non-hydrogen) atoms. The van der Waals surface area contributed by atoms with Gasteiger partial charge >= 0.3 is 0 Å². The first-order valence-electron chi connectivity index (χ1n) is 7.60. The Bertz CT molecular complexity index is 569. The molecule has 0 atom stereocenters. The van der Waals surface area contributed by atoms with Gasteiger partial charge in [-0.2, -0.15) is 0 Å². The third-order valence-electron chi connectivity index (χ3n) is 3.61. The van der Waals surface area contributed by atoms with E-state index in [1.165, 1.54) is 17.7 Å². The number of para-hydroxylation sites is 1. The van der Waals surface area contributed by atoms with E-state index in [0.29, 0.717) is 13.2 Å². The Hall–Kier alpha value is -2.16. The molecular formula is C18H21NO2. The number of anilines is 1. The SMILES string of the molecule is c1ccc(OCCCOc2cccc3c2CCCN3)cc1. The van der Waals surface area contributed by atoms with Crippen molar-refractivity contribution in [3.8, 4) is 11.5 Å². The van der Waals surface area contributed by atoms with Crippen LogP contribution in [0.25, 0.3) is 0 Å². The highest BCUT2D eigenvalue weighted by Crippen LogP contribution is 2.30. The summed E-state index contributed by atoms with van der Waals surface area (Å²) in [6, 6.07) is 16.1. The summed E-state index contributed by atoms with van der Waals surface area (Å²) >= 11 is 0. The van der Waals surface area contributed by atoms with E-state index in [9.17, 15) is 0 Å². The van der Waals surface area contributed by atoms with Crippen LogP contribution in [0.5, 0.6) is 11.5 Å². The van der Waals surface area contributed by atoms with Crippen molar-refractivity contribution in [2.45, 2.75) is 19.3 Å². The Morgan fingerprint density at radius 2 is 1.76 bits per heavy atom. The van der Waals surface area contributed by atoms with Crippen LogP contribution < -0.4 is 14.8 Å². The van der Waals surface area contributed by atoms with Gasteiger partial charge in [-0.15, -0.1) is 0 Å². The molecule has 1 N–H and O–H groups in total. The number of hydrogen-bond donors (Lipinski definition) is 1. The summed E-state index contributed by atoms with van der Waals surface area (Å²) in [6.07, 6.45) is 3.15. The number of benzene rings is 2. The van der Waals surface area contributed by atoms with E-state index in [2.05, 4.69) is 17.4 Å². The molecule has 0 bridgehead atoms. The fourth-order valence-electron chi connectivity index (χ4n) is 2.56. The molecule has 0 amide bonds. The van der Waals surface area contributed by atoms with E-state index in [0.717, 1.165) is 30.9 Å². The van der Waals surface area contributed by atoms with Crippen LogP contribution in [0.2, 0.25) is 0 Å². The van der Waals surface area contributed by atoms with Crippen molar-refractivity contribution < 1.29 is 9.47 Å². The Morgan fingerprint density at radius 1 is 0.905 bits per heavy atom. The van der Waals surface area contributed by atoms with Crippen LogP contribution in [0, 0.1) is 0 Å². The first-order valence-corrected chi connectivity index (χ1v) is 7.60. The molecule has 3 heteroatoms. The average molecular weight is 283 g/mol. The monoisotopic (exact) mass is 283 g/mol. The predicted molar refractivity (Wildman–Crippen MR) is 85.3 cm³/mol. The second-order valence-electron chi connectivity index (χ2n) is 5.18. The molecule has 1 aliphatic rings. The molecule has 110 valence electrons. The summed E-state index contributed by atoms with van der Waals surface area (Å²) in [5.41, 5.74) is 2.53. The lowest BCUT2D eigenvalue weighted by atomic mass is 10.0. The Labute approximate surface area is 125 Å². The number of rotatable bonds is 6. The van der Waals surface area contributed by atoms with Gasteiger partial charge in [0.15, 0.2) is 0 Å². The van der Waals surface area contributed by atoms with Crippen LogP contribution in [-0.2, 0) is 6.42 Å². The third kappa shape index (κ3) is 3.69. The average Bonchev–Trinajstić information content (AvgIpc) is 2.56. The van der Waals surface area contributed by atoms with Crippen molar-refractivity contribution in [1.29, 1.82) is 0 Å². The minimum Gasteiger partial charge on any atom is -0.493 e. The Balaban J connectivity index is 1.45. The Morgan fingerprint density at radius 3 is 2.67 bits per heavy atom. The molecule has 0 unspecified atom stereocenters. The molecule has 1 aliphatic heterocycles. The molecular weight excluding hydrogens is 262 g/mol. The quantitative estimate of drug-likeness (QED) is 0.816. The molecule has 0 saturated heterocycles. The minimum absolute atomic E-state index is 0.678. The molecule has 0 spiro atoms. The smallest absolute Gasteiger partial charge is 0.124 e. The topological polar surface area (TPSA) is 30.5 Å². The number of nitrogens with one attached hydrogen (secondary N) is 1. The van der Waals surface area contributed by atoms with Crippen LogP contribution >= 0.6 is 0 Å². The highest BCUT2D eigenvalue weighted by molar-refractivity contribution is 5.59. The predicted octanol–water partition coefficient (Wildman–Crippen LogP) is 3.89. The van der Waals surface area contributed by atoms with Crippen molar-refractivity contribution in [1.82, 2.24) is 0 Å². The largest absolute Gasteiger partial charge is 0.493 e. The van der Waals surface area contributed by atoms with Crippen LogP contribution in [-0.4, -0.2) is 19.8 Å². The van der Waals surface area contributed by atoms with E-state index in [4.69, 9.17) is 9.47 Å². The zero-order valence-electron chi connectivity index (χ0n) is 12.2. The highest BCUT2D eigenvalue weighted by atomic mass is 16.5. The molecule has 1 heterocycles. The van der Waals surface area contributed by atoms with Gasteiger partial charge in [0, 0.05) is 24.2 Å². The number of fused-ring (bicyclic) bond motifs is 1. The highest BCUT2D eigenvalue weighted by Gasteiger charge is 2.12. The maximum absolute atomic E-state index is 5.92. The maximum atomic E-state index is 5.92. The van der Waals surface area contributed by atoms with Crippen molar-refractivity contribution in [3.63, 3.8) is 0 Å². The summed E-state index contributed by atoms with van der Waals surface area (Å²) in [4.78, 5) is 0. The second-order valence-corrected chi connectivity index (χ2v) is 5.18. The maximum Gasteiger partial charge on any atom is 0.124 e. The zero-order valence-corrected chi connectivity index (χ0v) is 12.2. The Kier molecular flexibility index (Phi) is 4.62. The molecule has 0 fully saturated rings. The molecule has 0 radical (unpaired) electrons. The van der Waals surface area contributed by atoms with E-state index in [-0.39, 0.29) is 0 Å². The third-order valence-corrected chi connectivity index (χ3v) is 3.61. The van der Waals surface area contributed by atoms with Gasteiger partial charge < -0.3 is 14.8 Å². The summed E-state index contributed by atoms with van der Waals surface area (Å²) in [5.74, 6) is 1.93. The molecule has 2 aromatic rings. The van der Waals surface area contributed by atoms with Gasteiger partial charge in [-0.05, 0) is 37.1 Å². The first-order chi connectivity index (χ1) is 10.4. The van der Waals surface area contributed by atoms with Gasteiger partial charge in [0.1, 0.15) is 11.5 Å². The van der Waals surface area contributed by atoms with Crippen molar-refractivity contribution in [2.75, 3.05) is 25.1 Å². The lowest BCUT2D eigenvalue weighted by molar-refractivity contribution is 0.246. The van der Waals surface area contributed by atoms with Gasteiger partial charge in [-0.3, -0.25) is 0 Å². The minimum atomic E-state index is 0.678. The number of ether oxygens (including phenoxy) is 2. The second kappa shape index (κ2) is 7.02. The zero-order chi connectivity index (χ0) is 14.3. The lowest BCUT2D eigenvalue weighted by Gasteiger charge is -2.21. The van der Waals surface area contributed by atoms with Crippen LogP contribution in [0.15, 0.2) is 48.5 Å². The van der Waals surface area contributed by atoms with Crippen LogP contribution in [0.4, 0.5) is 5.69 Å². The summed E-state index contributed by atoms with van der Waals surface area (Å²) in [7, 11) is 0. The van der Waals surface area contributed by atoms with Gasteiger partial charge in [-0.1, -0.05) is 24.3 Å². The van der Waals surface area contributed by atoms with Crippen LogP contribution in [0.3, 0.4) is 0 Å². The standard InChI is InChI=1S/C18H21NO2/c1-2-7-15(8-3-1)20-13-6-14-21-18-11-4-10-17-16(18)9-5-12-19-17/h1-4,7-8,10-11,19H,5-6,9,12-14H2. The summed E-state index contributed by atoms with van der Waals surface area (Å²) < 4.78 is 11.6. The first kappa shape index (κ1) is 13.8. The molecule has 0 aliphatic carbocycles. The van der Waals surface area contributed by atoms with Gasteiger partial charge in [0.25, 0.3) is 0 Å². The normalized spacial score (nSPS) is 13.1. The molecule has 0 saturated carbocycles. The van der Waals surface area contributed by atoms with Crippen molar-refractivity contribution in [3.05, 3.63) is 54.1 Å². The molecule has 0 aromatic heterocycles. The van der Waals surface area contributed by atoms with Crippen molar-refractivity contribution in [2.24, 2.45) is 0 Å². The van der Waals surface area contributed by atoms with Crippen molar-refractivity contribution >= 4 is 5.69 Å². The summed E-state index contributed by atoms with van der Waals surface area (Å²) in [6.45, 7) is 2.42. The number of hydrogen-bond acceptors (Lipinski definition) is 3. The van der Waals surface area contributed by atoms with Gasteiger partial charge in [0.2, 0.25) is 0 Å². The molecule has 2 aromatic carbocycles. The molecule has 3 nitrogen and oxygen atoms in total. The molecule has 3 rings (SSSR count). The van der Waals surface area contributed by atoms with E-state index < -0.39 is 0 Å².